The SMILES string of the molecule is CCn1cc(-c2ccc3c(c2)ncn3C(C(F)(F)F)C(NC(=O)c2ccccc2)(OC)OC)cn1. The van der Waals surface area contributed by atoms with Crippen LogP contribution in [-0.4, -0.2) is 51.5 Å². The predicted octanol–water partition coefficient (Wildman–Crippen LogP) is 4.40. The highest BCUT2D eigenvalue weighted by molar-refractivity contribution is 5.94. The quantitative estimate of drug-likeness (QED) is 0.373. The Labute approximate surface area is 199 Å². The van der Waals surface area contributed by atoms with Gasteiger partial charge >= 0.3 is 6.18 Å². The second kappa shape index (κ2) is 9.51. The van der Waals surface area contributed by atoms with Crippen molar-refractivity contribution < 1.29 is 27.4 Å². The topological polar surface area (TPSA) is 83.2 Å². The lowest BCUT2D eigenvalue weighted by Crippen LogP contribution is -2.60. The number of ether oxygens (including phenoxy) is 2. The Kier molecular flexibility index (Phi) is 6.64. The molecule has 0 bridgehead atoms. The number of aromatic nitrogens is 4. The fourth-order valence-corrected chi connectivity index (χ4v) is 3.96. The van der Waals surface area contributed by atoms with E-state index in [0.29, 0.717) is 12.1 Å². The van der Waals surface area contributed by atoms with Gasteiger partial charge in [-0.15, -0.1) is 0 Å². The lowest BCUT2D eigenvalue weighted by molar-refractivity contribution is -0.311. The molecule has 0 aliphatic heterocycles. The Hall–Kier alpha value is -3.70. The maximum atomic E-state index is 14.5. The van der Waals surface area contributed by atoms with Crippen LogP contribution >= 0.6 is 0 Å². The lowest BCUT2D eigenvalue weighted by atomic mass is 10.1. The summed E-state index contributed by atoms with van der Waals surface area (Å²) in [5.41, 5.74) is 2.24. The molecule has 184 valence electrons. The van der Waals surface area contributed by atoms with Gasteiger partial charge in [-0.2, -0.15) is 18.3 Å². The van der Waals surface area contributed by atoms with Gasteiger partial charge in [-0.25, -0.2) is 4.98 Å². The molecule has 8 nitrogen and oxygen atoms in total. The van der Waals surface area contributed by atoms with Crippen molar-refractivity contribution in [2.45, 2.75) is 31.6 Å². The second-order valence-electron chi connectivity index (χ2n) is 7.78. The van der Waals surface area contributed by atoms with Crippen LogP contribution in [0.4, 0.5) is 13.2 Å². The molecule has 2 aromatic carbocycles. The summed E-state index contributed by atoms with van der Waals surface area (Å²) in [6, 6.07) is 10.3. The number of rotatable bonds is 8. The largest absolute Gasteiger partial charge is 0.416 e. The predicted molar refractivity (Wildman–Crippen MR) is 122 cm³/mol. The van der Waals surface area contributed by atoms with Crippen LogP contribution < -0.4 is 5.32 Å². The first-order chi connectivity index (χ1) is 16.7. The molecule has 4 rings (SSSR count). The van der Waals surface area contributed by atoms with Gasteiger partial charge in [-0.1, -0.05) is 24.3 Å². The minimum Gasteiger partial charge on any atom is -0.334 e. The average molecular weight is 487 g/mol. The highest BCUT2D eigenvalue weighted by Crippen LogP contribution is 2.42. The van der Waals surface area contributed by atoms with E-state index >= 15 is 0 Å². The van der Waals surface area contributed by atoms with Gasteiger partial charge in [-0.05, 0) is 36.8 Å². The first-order valence-electron chi connectivity index (χ1n) is 10.8. The average Bonchev–Trinajstić information content (AvgIpc) is 3.50. The minimum atomic E-state index is -4.88. The molecule has 11 heteroatoms. The molecule has 2 aromatic heterocycles. The van der Waals surface area contributed by atoms with Crippen LogP contribution in [0.1, 0.15) is 23.3 Å². The van der Waals surface area contributed by atoms with Gasteiger partial charge in [-0.3, -0.25) is 14.8 Å². The second-order valence-corrected chi connectivity index (χ2v) is 7.78. The monoisotopic (exact) mass is 487 g/mol. The van der Waals surface area contributed by atoms with E-state index in [2.05, 4.69) is 15.4 Å². The molecule has 2 heterocycles. The lowest BCUT2D eigenvalue weighted by Gasteiger charge is -2.39. The van der Waals surface area contributed by atoms with Gasteiger partial charge in [0.05, 0.1) is 23.6 Å². The molecular weight excluding hydrogens is 463 g/mol. The smallest absolute Gasteiger partial charge is 0.334 e. The molecule has 0 radical (unpaired) electrons. The summed E-state index contributed by atoms with van der Waals surface area (Å²) in [4.78, 5) is 17.0. The zero-order valence-corrected chi connectivity index (χ0v) is 19.3. The van der Waals surface area contributed by atoms with Crippen LogP contribution in [0.2, 0.25) is 0 Å². The molecule has 1 amide bonds. The molecule has 1 atom stereocenters. The van der Waals surface area contributed by atoms with E-state index < -0.39 is 24.0 Å². The summed E-state index contributed by atoms with van der Waals surface area (Å²) in [7, 11) is 2.08. The summed E-state index contributed by atoms with van der Waals surface area (Å²) in [5, 5.41) is 6.52. The van der Waals surface area contributed by atoms with E-state index in [0.717, 1.165) is 36.2 Å². The van der Waals surface area contributed by atoms with Gasteiger partial charge in [0.25, 0.3) is 11.8 Å². The Balaban J connectivity index is 1.78. The Morgan fingerprint density at radius 1 is 1.09 bits per heavy atom. The van der Waals surface area contributed by atoms with Crippen LogP contribution in [0, 0.1) is 0 Å². The summed E-state index contributed by atoms with van der Waals surface area (Å²) < 4.78 is 56.7. The van der Waals surface area contributed by atoms with Gasteiger partial charge in [0.2, 0.25) is 6.04 Å². The number of imidazole rings is 1. The third kappa shape index (κ3) is 4.64. The standard InChI is InChI=1S/C24H24F3N5O3/c1-4-31-14-18(13-29-31)17-10-11-20-19(12-17)28-15-32(20)22(23(25,26)27)24(34-2,35-3)30-21(33)16-8-6-5-7-9-16/h5-15,22H,4H2,1-3H3,(H,30,33). The van der Waals surface area contributed by atoms with Gasteiger partial charge in [0.1, 0.15) is 0 Å². The van der Waals surface area contributed by atoms with Crippen molar-refractivity contribution in [2.24, 2.45) is 0 Å². The molecule has 0 saturated heterocycles. The number of hydrogen-bond donors (Lipinski definition) is 1. The third-order valence-electron chi connectivity index (χ3n) is 5.74. The number of benzene rings is 2. The van der Waals surface area contributed by atoms with Gasteiger partial charge < -0.3 is 14.0 Å². The van der Waals surface area contributed by atoms with Crippen molar-refractivity contribution in [3.8, 4) is 11.1 Å². The van der Waals surface area contributed by atoms with Crippen LogP contribution in [0.15, 0.2) is 67.3 Å². The molecule has 0 aliphatic rings. The molecule has 4 aromatic rings. The maximum Gasteiger partial charge on any atom is 0.416 e. The van der Waals surface area contributed by atoms with E-state index in [1.54, 1.807) is 41.2 Å². The van der Waals surface area contributed by atoms with Crippen molar-refractivity contribution in [3.63, 3.8) is 0 Å². The molecule has 35 heavy (non-hydrogen) atoms. The summed E-state index contributed by atoms with van der Waals surface area (Å²) in [6.07, 6.45) is -0.301. The van der Waals surface area contributed by atoms with Gasteiger partial charge in [0.15, 0.2) is 0 Å². The number of alkyl halides is 3. The first kappa shape index (κ1) is 24.4. The number of hydrogen-bond acceptors (Lipinski definition) is 5. The number of amides is 1. The molecule has 1 unspecified atom stereocenters. The highest BCUT2D eigenvalue weighted by atomic mass is 19.4. The van der Waals surface area contributed by atoms with Crippen LogP contribution in [0.25, 0.3) is 22.2 Å². The van der Waals surface area contributed by atoms with Crippen molar-refractivity contribution in [1.82, 2.24) is 24.6 Å². The number of halogens is 3. The van der Waals surface area contributed by atoms with Crippen LogP contribution in [0.3, 0.4) is 0 Å². The first-order valence-corrected chi connectivity index (χ1v) is 10.8. The third-order valence-corrected chi connectivity index (χ3v) is 5.74. The maximum absolute atomic E-state index is 14.5. The summed E-state index contributed by atoms with van der Waals surface area (Å²) in [5.74, 6) is -3.36. The molecule has 0 aliphatic carbocycles. The molecule has 0 saturated carbocycles. The normalized spacial score (nSPS) is 13.2. The van der Waals surface area contributed by atoms with E-state index in [1.165, 1.54) is 18.2 Å². The Bertz CT molecular complexity index is 1310. The molecular formula is C24H24F3N5O3. The fourth-order valence-electron chi connectivity index (χ4n) is 3.96. The van der Waals surface area contributed by atoms with Crippen molar-refractivity contribution in [2.75, 3.05) is 14.2 Å². The number of nitrogens with zero attached hydrogens (tertiary/aromatic N) is 4. The van der Waals surface area contributed by atoms with Gasteiger partial charge in [0, 0.05) is 38.1 Å². The number of fused-ring (bicyclic) bond motifs is 1. The highest BCUT2D eigenvalue weighted by Gasteiger charge is 2.58. The Morgan fingerprint density at radius 2 is 1.80 bits per heavy atom. The molecule has 0 fully saturated rings. The van der Waals surface area contributed by atoms with Crippen molar-refractivity contribution in [3.05, 3.63) is 72.8 Å². The summed E-state index contributed by atoms with van der Waals surface area (Å²) >= 11 is 0. The zero-order chi connectivity index (χ0) is 25.2. The Morgan fingerprint density at radius 3 is 2.40 bits per heavy atom. The van der Waals surface area contributed by atoms with Crippen molar-refractivity contribution >= 4 is 16.9 Å². The summed E-state index contributed by atoms with van der Waals surface area (Å²) in [6.45, 7) is 2.64. The zero-order valence-electron chi connectivity index (χ0n) is 19.3. The number of nitrogens with one attached hydrogen (secondary N) is 1. The number of carbonyl (C=O) groups is 1. The fraction of sp³-hybridized carbons (Fsp3) is 0.292. The van der Waals surface area contributed by atoms with Crippen LogP contribution in [-0.2, 0) is 16.0 Å². The molecule has 1 N–H and O–H groups in total. The molecule has 0 spiro atoms. The minimum absolute atomic E-state index is 0.152. The number of methoxy groups -OCH3 is 2. The van der Waals surface area contributed by atoms with E-state index in [-0.39, 0.29) is 11.1 Å². The number of aryl methyl sites for hydroxylation is 1. The number of carbonyl (C=O) groups excluding carboxylic acids is 1. The van der Waals surface area contributed by atoms with Crippen LogP contribution in [0.5, 0.6) is 0 Å². The van der Waals surface area contributed by atoms with E-state index in [1.807, 2.05) is 13.1 Å². The van der Waals surface area contributed by atoms with E-state index in [9.17, 15) is 18.0 Å². The van der Waals surface area contributed by atoms with E-state index in [4.69, 9.17) is 9.47 Å². The van der Waals surface area contributed by atoms with Crippen molar-refractivity contribution in [1.29, 1.82) is 0 Å².